The number of rotatable bonds is 4. The summed E-state index contributed by atoms with van der Waals surface area (Å²) >= 11 is 3.32. The molecule has 0 radical (unpaired) electrons. The van der Waals surface area contributed by atoms with Crippen LogP contribution in [0.3, 0.4) is 0 Å². The van der Waals surface area contributed by atoms with E-state index in [2.05, 4.69) is 15.9 Å². The van der Waals surface area contributed by atoms with Crippen LogP contribution in [0.5, 0.6) is 0 Å². The lowest BCUT2D eigenvalue weighted by molar-refractivity contribution is 0.102. The lowest BCUT2D eigenvalue weighted by atomic mass is 10.2. The predicted molar refractivity (Wildman–Crippen MR) is 80.9 cm³/mol. The molecule has 2 nitrogen and oxygen atoms in total. The fourth-order valence-corrected chi connectivity index (χ4v) is 3.06. The van der Waals surface area contributed by atoms with Gasteiger partial charge in [-0.3, -0.25) is 9.00 Å². The lowest BCUT2D eigenvalue weighted by Crippen LogP contribution is -2.11. The third kappa shape index (κ3) is 3.85. The summed E-state index contributed by atoms with van der Waals surface area (Å²) in [5.41, 5.74) is 1.63. The van der Waals surface area contributed by atoms with Crippen molar-refractivity contribution in [1.82, 2.24) is 0 Å². The predicted octanol–water partition coefficient (Wildman–Crippen LogP) is 3.75. The average molecular weight is 337 g/mol. The van der Waals surface area contributed by atoms with Crippen molar-refractivity contribution in [2.75, 3.05) is 5.75 Å². The van der Waals surface area contributed by atoms with Crippen LogP contribution in [-0.4, -0.2) is 15.7 Å². The van der Waals surface area contributed by atoms with E-state index < -0.39 is 10.8 Å². The van der Waals surface area contributed by atoms with Gasteiger partial charge in [-0.15, -0.1) is 0 Å². The Hall–Kier alpha value is -1.26. The van der Waals surface area contributed by atoms with Crippen molar-refractivity contribution in [3.05, 3.63) is 64.1 Å². The molecule has 2 rings (SSSR count). The number of carbonyl (C=O) groups is 1. The second-order valence-electron chi connectivity index (χ2n) is 4.24. The van der Waals surface area contributed by atoms with E-state index in [1.807, 2.05) is 37.3 Å². The summed E-state index contributed by atoms with van der Waals surface area (Å²) in [6.45, 7) is 1.94. The van der Waals surface area contributed by atoms with Gasteiger partial charge < -0.3 is 0 Å². The van der Waals surface area contributed by atoms with Gasteiger partial charge in [0.25, 0.3) is 0 Å². The summed E-state index contributed by atoms with van der Waals surface area (Å²) < 4.78 is 13.0. The van der Waals surface area contributed by atoms with Crippen molar-refractivity contribution in [2.45, 2.75) is 11.8 Å². The first-order valence-corrected chi connectivity index (χ1v) is 7.91. The molecule has 2 aromatic carbocycles. The van der Waals surface area contributed by atoms with Gasteiger partial charge in [-0.05, 0) is 36.8 Å². The van der Waals surface area contributed by atoms with Crippen LogP contribution in [0.15, 0.2) is 57.9 Å². The number of halogens is 1. The maximum Gasteiger partial charge on any atom is 0.175 e. The van der Waals surface area contributed by atoms with E-state index >= 15 is 0 Å². The lowest BCUT2D eigenvalue weighted by Gasteiger charge is -2.03. The Labute approximate surface area is 123 Å². The Bertz CT molecular complexity index is 620. The van der Waals surface area contributed by atoms with E-state index in [4.69, 9.17) is 0 Å². The Kier molecular flexibility index (Phi) is 4.66. The zero-order valence-corrected chi connectivity index (χ0v) is 12.8. The van der Waals surface area contributed by atoms with Crippen LogP contribution >= 0.6 is 15.9 Å². The van der Waals surface area contributed by atoms with Gasteiger partial charge in [0.1, 0.15) is 0 Å². The molecular weight excluding hydrogens is 324 g/mol. The van der Waals surface area contributed by atoms with E-state index in [-0.39, 0.29) is 11.5 Å². The molecule has 98 valence electrons. The maximum atomic E-state index is 12.1. The average Bonchev–Trinajstić information content (AvgIpc) is 2.39. The Balaban J connectivity index is 2.11. The van der Waals surface area contributed by atoms with Crippen LogP contribution in [0, 0.1) is 6.92 Å². The molecule has 0 saturated heterocycles. The molecule has 2 aromatic rings. The second-order valence-corrected chi connectivity index (χ2v) is 6.60. The molecule has 0 amide bonds. The van der Waals surface area contributed by atoms with Gasteiger partial charge in [-0.25, -0.2) is 0 Å². The molecule has 0 fully saturated rings. The summed E-state index contributed by atoms with van der Waals surface area (Å²) in [4.78, 5) is 12.7. The summed E-state index contributed by atoms with van der Waals surface area (Å²) in [6, 6.07) is 14.5. The topological polar surface area (TPSA) is 34.1 Å². The molecule has 0 spiro atoms. The monoisotopic (exact) mass is 336 g/mol. The van der Waals surface area contributed by atoms with Crippen molar-refractivity contribution in [3.63, 3.8) is 0 Å². The molecule has 0 aromatic heterocycles. The highest BCUT2D eigenvalue weighted by Gasteiger charge is 2.12. The Morgan fingerprint density at radius 3 is 2.47 bits per heavy atom. The largest absolute Gasteiger partial charge is 0.293 e. The van der Waals surface area contributed by atoms with Crippen molar-refractivity contribution in [3.8, 4) is 0 Å². The molecule has 0 aliphatic carbocycles. The number of ketones is 1. The number of aryl methyl sites for hydroxylation is 1. The number of carbonyl (C=O) groups excluding carboxylic acids is 1. The standard InChI is InChI=1S/C15H13BrO2S/c1-11-3-2-4-14(9-11)19(18)10-15(17)12-5-7-13(16)8-6-12/h2-9H,10H2,1H3. The van der Waals surface area contributed by atoms with E-state index in [9.17, 15) is 9.00 Å². The quantitative estimate of drug-likeness (QED) is 0.797. The van der Waals surface area contributed by atoms with Gasteiger partial charge in [0.15, 0.2) is 5.78 Å². The van der Waals surface area contributed by atoms with Gasteiger partial charge in [0, 0.05) is 14.9 Å². The molecule has 0 aliphatic heterocycles. The molecule has 0 aliphatic rings. The SMILES string of the molecule is Cc1cccc(S(=O)CC(=O)c2ccc(Br)cc2)c1. The van der Waals surface area contributed by atoms with Gasteiger partial charge in [-0.2, -0.15) is 0 Å². The fourth-order valence-electron chi connectivity index (χ4n) is 1.68. The molecule has 0 bridgehead atoms. The maximum absolute atomic E-state index is 12.1. The van der Waals surface area contributed by atoms with Gasteiger partial charge in [-0.1, -0.05) is 40.2 Å². The highest BCUT2D eigenvalue weighted by molar-refractivity contribution is 9.10. The van der Waals surface area contributed by atoms with E-state index in [1.54, 1.807) is 18.2 Å². The normalized spacial score (nSPS) is 12.1. The van der Waals surface area contributed by atoms with Crippen LogP contribution in [-0.2, 0) is 10.8 Å². The van der Waals surface area contributed by atoms with Gasteiger partial charge in [0.05, 0.1) is 16.6 Å². The van der Waals surface area contributed by atoms with Crippen molar-refractivity contribution < 1.29 is 9.00 Å². The highest BCUT2D eigenvalue weighted by Crippen LogP contribution is 2.14. The van der Waals surface area contributed by atoms with Crippen LogP contribution in [0.4, 0.5) is 0 Å². The van der Waals surface area contributed by atoms with Crippen LogP contribution in [0.25, 0.3) is 0 Å². The Morgan fingerprint density at radius 1 is 1.16 bits per heavy atom. The molecule has 1 unspecified atom stereocenters. The molecule has 1 atom stereocenters. The van der Waals surface area contributed by atoms with Crippen LogP contribution in [0.1, 0.15) is 15.9 Å². The summed E-state index contributed by atoms with van der Waals surface area (Å²) in [5.74, 6) is -0.0854. The molecular formula is C15H13BrO2S. The first-order valence-electron chi connectivity index (χ1n) is 5.80. The van der Waals surface area contributed by atoms with E-state index in [0.29, 0.717) is 10.5 Å². The molecule has 0 N–H and O–H groups in total. The highest BCUT2D eigenvalue weighted by atomic mass is 79.9. The number of hydrogen-bond acceptors (Lipinski definition) is 2. The molecule has 0 heterocycles. The smallest absolute Gasteiger partial charge is 0.175 e. The fraction of sp³-hybridized carbons (Fsp3) is 0.133. The molecule has 4 heteroatoms. The number of hydrogen-bond donors (Lipinski definition) is 0. The summed E-state index contributed by atoms with van der Waals surface area (Å²) in [6.07, 6.45) is 0. The Morgan fingerprint density at radius 2 is 1.84 bits per heavy atom. The van der Waals surface area contributed by atoms with Crippen molar-refractivity contribution >= 4 is 32.5 Å². The van der Waals surface area contributed by atoms with Crippen LogP contribution in [0.2, 0.25) is 0 Å². The molecule has 0 saturated carbocycles. The first kappa shape index (κ1) is 14.2. The number of Topliss-reactive ketones (excluding diaryl/α,β-unsaturated/α-hetero) is 1. The van der Waals surface area contributed by atoms with Crippen molar-refractivity contribution in [1.29, 1.82) is 0 Å². The van der Waals surface area contributed by atoms with E-state index in [0.717, 1.165) is 10.0 Å². The minimum atomic E-state index is -1.29. The molecule has 19 heavy (non-hydrogen) atoms. The number of benzene rings is 2. The summed E-state index contributed by atoms with van der Waals surface area (Å²) in [7, 11) is -1.29. The van der Waals surface area contributed by atoms with Gasteiger partial charge >= 0.3 is 0 Å². The summed E-state index contributed by atoms with van der Waals surface area (Å²) in [5, 5.41) is 0. The van der Waals surface area contributed by atoms with Crippen molar-refractivity contribution in [2.24, 2.45) is 0 Å². The third-order valence-corrected chi connectivity index (χ3v) is 4.51. The minimum absolute atomic E-state index is 0.0189. The minimum Gasteiger partial charge on any atom is -0.293 e. The van der Waals surface area contributed by atoms with Crippen LogP contribution < -0.4 is 0 Å². The second kappa shape index (κ2) is 6.26. The first-order chi connectivity index (χ1) is 9.06. The zero-order chi connectivity index (χ0) is 13.8. The zero-order valence-electron chi connectivity index (χ0n) is 10.4. The third-order valence-electron chi connectivity index (χ3n) is 2.68. The van der Waals surface area contributed by atoms with E-state index in [1.165, 1.54) is 0 Å². The van der Waals surface area contributed by atoms with Gasteiger partial charge in [0.2, 0.25) is 0 Å².